The Morgan fingerprint density at radius 1 is 1.32 bits per heavy atom. The molecule has 138 valence electrons. The Morgan fingerprint density at radius 3 is 2.56 bits per heavy atom. The molecule has 0 saturated carbocycles. The van der Waals surface area contributed by atoms with E-state index in [9.17, 15) is 19.2 Å². The number of carbonyl (C=O) groups excluding carboxylic acids is 2. The molecule has 3 N–H and O–H groups in total. The predicted octanol–water partition coefficient (Wildman–Crippen LogP) is -1.59. The van der Waals surface area contributed by atoms with Gasteiger partial charge in [-0.25, -0.2) is 4.79 Å². The molecule has 0 spiro atoms. The first-order chi connectivity index (χ1) is 11.8. The molecule has 2 rings (SSSR count). The number of aromatic amines is 1. The van der Waals surface area contributed by atoms with Gasteiger partial charge in [0, 0.05) is 44.5 Å². The van der Waals surface area contributed by atoms with Gasteiger partial charge in [-0.1, -0.05) is 0 Å². The molecular formula is C16H25N5O4. The van der Waals surface area contributed by atoms with Crippen molar-refractivity contribution in [1.82, 2.24) is 19.4 Å². The van der Waals surface area contributed by atoms with Crippen LogP contribution in [0.4, 0.5) is 0 Å². The van der Waals surface area contributed by atoms with E-state index in [1.54, 1.807) is 4.90 Å². The third kappa shape index (κ3) is 3.81. The van der Waals surface area contributed by atoms with Crippen molar-refractivity contribution in [3.63, 3.8) is 0 Å². The molecule has 2 heterocycles. The summed E-state index contributed by atoms with van der Waals surface area (Å²) in [4.78, 5) is 54.4. The first-order valence-corrected chi connectivity index (χ1v) is 8.41. The van der Waals surface area contributed by atoms with Crippen molar-refractivity contribution < 1.29 is 9.59 Å². The Balaban J connectivity index is 2.22. The van der Waals surface area contributed by atoms with Gasteiger partial charge in [-0.05, 0) is 20.3 Å². The highest BCUT2D eigenvalue weighted by Crippen LogP contribution is 2.20. The highest BCUT2D eigenvalue weighted by molar-refractivity contribution is 5.89. The Hall–Kier alpha value is -2.42. The number of nitrogens with two attached hydrogens (primary N) is 1. The summed E-state index contributed by atoms with van der Waals surface area (Å²) in [5.74, 6) is -0.469. The Kier molecular flexibility index (Phi) is 5.78. The van der Waals surface area contributed by atoms with Gasteiger partial charge in [-0.2, -0.15) is 0 Å². The quantitative estimate of drug-likeness (QED) is 0.663. The predicted molar refractivity (Wildman–Crippen MR) is 92.0 cm³/mol. The van der Waals surface area contributed by atoms with Gasteiger partial charge in [0.05, 0.1) is 6.42 Å². The van der Waals surface area contributed by atoms with E-state index in [0.717, 1.165) is 4.57 Å². The third-order valence-electron chi connectivity index (χ3n) is 4.61. The molecule has 0 aromatic carbocycles. The average Bonchev–Trinajstić information content (AvgIpc) is 2.98. The zero-order valence-corrected chi connectivity index (χ0v) is 14.8. The minimum absolute atomic E-state index is 0.124. The summed E-state index contributed by atoms with van der Waals surface area (Å²) >= 11 is 0. The topological polar surface area (TPSA) is 122 Å². The second-order valence-corrected chi connectivity index (χ2v) is 6.23. The maximum atomic E-state index is 12.7. The molecule has 1 aromatic heterocycles. The van der Waals surface area contributed by atoms with Crippen LogP contribution in [0.1, 0.15) is 25.8 Å². The van der Waals surface area contributed by atoms with Gasteiger partial charge in [0.1, 0.15) is 6.04 Å². The van der Waals surface area contributed by atoms with Crippen LogP contribution >= 0.6 is 0 Å². The largest absolute Gasteiger partial charge is 0.341 e. The fourth-order valence-corrected chi connectivity index (χ4v) is 3.13. The summed E-state index contributed by atoms with van der Waals surface area (Å²) < 4.78 is 0.914. The number of likely N-dealkylation sites (N-methyl/N-ethyl adjacent to an activating group) is 1. The lowest BCUT2D eigenvalue weighted by Gasteiger charge is -2.28. The zero-order chi connectivity index (χ0) is 18.7. The van der Waals surface area contributed by atoms with E-state index >= 15 is 0 Å². The van der Waals surface area contributed by atoms with Gasteiger partial charge in [-0.3, -0.25) is 19.0 Å². The SMILES string of the molecule is CCN(CC)C(=O)[C@@H]1C[C@H](N)CN1C(=O)Cc1c[nH]c(=O)n(C)c1=O. The zero-order valence-electron chi connectivity index (χ0n) is 14.8. The Labute approximate surface area is 145 Å². The van der Waals surface area contributed by atoms with Crippen molar-refractivity contribution in [2.75, 3.05) is 19.6 Å². The summed E-state index contributed by atoms with van der Waals surface area (Å²) in [7, 11) is 1.34. The monoisotopic (exact) mass is 351 g/mol. The van der Waals surface area contributed by atoms with E-state index in [4.69, 9.17) is 5.73 Å². The summed E-state index contributed by atoms with van der Waals surface area (Å²) in [6.45, 7) is 5.16. The number of hydrogen-bond donors (Lipinski definition) is 2. The molecule has 0 unspecified atom stereocenters. The van der Waals surface area contributed by atoms with E-state index in [0.29, 0.717) is 19.5 Å². The highest BCUT2D eigenvalue weighted by Gasteiger charge is 2.39. The van der Waals surface area contributed by atoms with E-state index in [1.807, 2.05) is 13.8 Å². The first kappa shape index (κ1) is 18.9. The fourth-order valence-electron chi connectivity index (χ4n) is 3.13. The minimum Gasteiger partial charge on any atom is -0.341 e. The van der Waals surface area contributed by atoms with Crippen LogP contribution in [-0.4, -0.2) is 62.9 Å². The molecule has 1 aliphatic rings. The van der Waals surface area contributed by atoms with Gasteiger partial charge in [-0.15, -0.1) is 0 Å². The van der Waals surface area contributed by atoms with Crippen LogP contribution in [0.25, 0.3) is 0 Å². The molecule has 9 heteroatoms. The summed E-state index contributed by atoms with van der Waals surface area (Å²) in [6.07, 6.45) is 1.47. The first-order valence-electron chi connectivity index (χ1n) is 8.41. The lowest BCUT2D eigenvalue weighted by atomic mass is 10.1. The molecule has 1 fully saturated rings. The average molecular weight is 351 g/mol. The van der Waals surface area contributed by atoms with Crippen LogP contribution in [0.5, 0.6) is 0 Å². The molecule has 0 radical (unpaired) electrons. The second kappa shape index (κ2) is 7.64. The van der Waals surface area contributed by atoms with Crippen LogP contribution in [0, 0.1) is 0 Å². The number of rotatable bonds is 5. The number of carbonyl (C=O) groups is 2. The van der Waals surface area contributed by atoms with Crippen LogP contribution in [0.3, 0.4) is 0 Å². The second-order valence-electron chi connectivity index (χ2n) is 6.23. The van der Waals surface area contributed by atoms with Crippen molar-refractivity contribution >= 4 is 11.8 Å². The van der Waals surface area contributed by atoms with Crippen molar-refractivity contribution in [3.8, 4) is 0 Å². The summed E-state index contributed by atoms with van der Waals surface area (Å²) in [5, 5.41) is 0. The molecule has 2 atom stereocenters. The summed E-state index contributed by atoms with van der Waals surface area (Å²) in [5.41, 5.74) is 5.08. The maximum Gasteiger partial charge on any atom is 0.328 e. The van der Waals surface area contributed by atoms with Crippen LogP contribution in [0.15, 0.2) is 15.8 Å². The maximum absolute atomic E-state index is 12.7. The Morgan fingerprint density at radius 2 is 1.96 bits per heavy atom. The van der Waals surface area contributed by atoms with Gasteiger partial charge in [0.2, 0.25) is 11.8 Å². The number of aromatic nitrogens is 2. The smallest absolute Gasteiger partial charge is 0.328 e. The molecular weight excluding hydrogens is 326 g/mol. The lowest BCUT2D eigenvalue weighted by Crippen LogP contribution is -2.48. The number of likely N-dealkylation sites (tertiary alicyclic amines) is 1. The minimum atomic E-state index is -0.603. The molecule has 2 amide bonds. The summed E-state index contributed by atoms with van der Waals surface area (Å²) in [6, 6.07) is -0.874. The standard InChI is InChI=1S/C16H25N5O4/c1-4-20(5-2)15(24)12-7-11(17)9-21(12)13(22)6-10-8-18-16(25)19(3)14(10)23/h8,11-12H,4-7,9,17H2,1-3H3,(H,18,25)/t11-,12-/m0/s1. The van der Waals surface area contributed by atoms with E-state index < -0.39 is 17.3 Å². The molecule has 25 heavy (non-hydrogen) atoms. The number of amides is 2. The van der Waals surface area contributed by atoms with Crippen molar-refractivity contribution in [1.29, 1.82) is 0 Å². The highest BCUT2D eigenvalue weighted by atomic mass is 16.2. The van der Waals surface area contributed by atoms with Gasteiger partial charge in [0.15, 0.2) is 0 Å². The third-order valence-corrected chi connectivity index (χ3v) is 4.61. The number of nitrogens with one attached hydrogen (secondary N) is 1. The molecule has 1 aromatic rings. The number of hydrogen-bond acceptors (Lipinski definition) is 5. The molecule has 9 nitrogen and oxygen atoms in total. The normalized spacial score (nSPS) is 19.9. The van der Waals surface area contributed by atoms with Crippen LogP contribution < -0.4 is 17.0 Å². The van der Waals surface area contributed by atoms with E-state index in [-0.39, 0.29) is 36.4 Å². The van der Waals surface area contributed by atoms with Gasteiger partial charge in [0.25, 0.3) is 5.56 Å². The van der Waals surface area contributed by atoms with Crippen molar-refractivity contribution in [2.45, 2.75) is 38.8 Å². The van der Waals surface area contributed by atoms with Crippen molar-refractivity contribution in [2.24, 2.45) is 12.8 Å². The van der Waals surface area contributed by atoms with E-state index in [2.05, 4.69) is 4.98 Å². The molecule has 1 aliphatic heterocycles. The fraction of sp³-hybridized carbons (Fsp3) is 0.625. The Bertz CT molecular complexity index is 765. The van der Waals surface area contributed by atoms with E-state index in [1.165, 1.54) is 18.1 Å². The lowest BCUT2D eigenvalue weighted by molar-refractivity contribution is -0.143. The molecule has 0 bridgehead atoms. The van der Waals surface area contributed by atoms with Gasteiger partial charge < -0.3 is 20.5 Å². The van der Waals surface area contributed by atoms with Gasteiger partial charge >= 0.3 is 5.69 Å². The van der Waals surface area contributed by atoms with Crippen LogP contribution in [-0.2, 0) is 23.1 Å². The number of H-pyrrole nitrogens is 1. The molecule has 0 aliphatic carbocycles. The van der Waals surface area contributed by atoms with Crippen molar-refractivity contribution in [3.05, 3.63) is 32.6 Å². The van der Waals surface area contributed by atoms with Crippen LogP contribution in [0.2, 0.25) is 0 Å². The number of nitrogens with zero attached hydrogens (tertiary/aromatic N) is 3. The molecule has 1 saturated heterocycles.